The van der Waals surface area contributed by atoms with E-state index in [0.717, 1.165) is 6.07 Å². The van der Waals surface area contributed by atoms with Crippen LogP contribution in [-0.2, 0) is 15.8 Å². The van der Waals surface area contributed by atoms with Gasteiger partial charge in [-0.1, -0.05) is 30.3 Å². The van der Waals surface area contributed by atoms with Gasteiger partial charge >= 0.3 is 0 Å². The number of rotatable bonds is 7. The molecule has 0 aliphatic carbocycles. The maximum absolute atomic E-state index is 14.7. The van der Waals surface area contributed by atoms with E-state index >= 15 is 0 Å². The Bertz CT molecular complexity index is 1400. The first-order valence-electron chi connectivity index (χ1n) is 9.56. The van der Waals surface area contributed by atoms with Gasteiger partial charge in [0, 0.05) is 24.5 Å². The summed E-state index contributed by atoms with van der Waals surface area (Å²) in [6.45, 7) is 0. The Morgan fingerprint density at radius 3 is 2.48 bits per heavy atom. The van der Waals surface area contributed by atoms with E-state index in [4.69, 9.17) is 10.5 Å². The average molecular weight is 469 g/mol. The van der Waals surface area contributed by atoms with Crippen molar-refractivity contribution in [3.63, 3.8) is 0 Å². The summed E-state index contributed by atoms with van der Waals surface area (Å²) >= 11 is 0. The summed E-state index contributed by atoms with van der Waals surface area (Å²) in [7, 11) is -3.98. The SMILES string of the molecule is Nc1nccc(-c2cccnc2Oc2cc(F)c(NS(=O)(=O)Cc3ccccc3)cc2F)n1. The Morgan fingerprint density at radius 2 is 1.73 bits per heavy atom. The van der Waals surface area contributed by atoms with Crippen LogP contribution in [0.3, 0.4) is 0 Å². The van der Waals surface area contributed by atoms with E-state index in [9.17, 15) is 17.2 Å². The van der Waals surface area contributed by atoms with Crippen LogP contribution in [0.5, 0.6) is 11.6 Å². The number of aromatic nitrogens is 3. The number of nitrogen functional groups attached to an aromatic ring is 1. The van der Waals surface area contributed by atoms with E-state index in [0.29, 0.717) is 22.9 Å². The molecule has 4 rings (SSSR count). The van der Waals surface area contributed by atoms with Crippen molar-refractivity contribution in [3.05, 3.63) is 90.3 Å². The average Bonchev–Trinajstić information content (AvgIpc) is 2.78. The minimum Gasteiger partial charge on any atom is -0.435 e. The van der Waals surface area contributed by atoms with Crippen LogP contribution >= 0.6 is 0 Å². The van der Waals surface area contributed by atoms with Crippen molar-refractivity contribution in [1.29, 1.82) is 0 Å². The van der Waals surface area contributed by atoms with Gasteiger partial charge in [0.05, 0.1) is 22.7 Å². The molecule has 0 saturated heterocycles. The lowest BCUT2D eigenvalue weighted by atomic mass is 10.2. The minimum atomic E-state index is -3.98. The van der Waals surface area contributed by atoms with Crippen molar-refractivity contribution in [2.24, 2.45) is 0 Å². The summed E-state index contributed by atoms with van der Waals surface area (Å²) in [5.74, 6) is -2.93. The lowest BCUT2D eigenvalue weighted by molar-refractivity contribution is 0.424. The summed E-state index contributed by atoms with van der Waals surface area (Å²) in [6, 6.07) is 14.6. The van der Waals surface area contributed by atoms with Gasteiger partial charge in [-0.05, 0) is 23.8 Å². The summed E-state index contributed by atoms with van der Waals surface area (Å²) in [6.07, 6.45) is 2.84. The zero-order valence-corrected chi connectivity index (χ0v) is 17.8. The van der Waals surface area contributed by atoms with Crippen LogP contribution in [0.15, 0.2) is 73.1 Å². The molecule has 0 amide bonds. The smallest absolute Gasteiger partial charge is 0.237 e. The third kappa shape index (κ3) is 5.39. The van der Waals surface area contributed by atoms with E-state index < -0.39 is 38.8 Å². The molecule has 2 aromatic carbocycles. The molecule has 0 saturated carbocycles. The Labute approximate surface area is 188 Å². The van der Waals surface area contributed by atoms with Crippen LogP contribution in [-0.4, -0.2) is 23.4 Å². The number of ether oxygens (including phenoxy) is 1. The van der Waals surface area contributed by atoms with Gasteiger partial charge in [-0.3, -0.25) is 4.72 Å². The minimum absolute atomic E-state index is 0.0201. The second-order valence-electron chi connectivity index (χ2n) is 6.87. The number of sulfonamides is 1. The quantitative estimate of drug-likeness (QED) is 0.417. The molecule has 8 nitrogen and oxygen atoms in total. The zero-order valence-electron chi connectivity index (χ0n) is 16.9. The summed E-state index contributed by atoms with van der Waals surface area (Å²) in [5.41, 5.74) is 6.31. The van der Waals surface area contributed by atoms with E-state index in [2.05, 4.69) is 19.7 Å². The molecule has 0 spiro atoms. The van der Waals surface area contributed by atoms with Gasteiger partial charge in [0.25, 0.3) is 0 Å². The third-order valence-electron chi connectivity index (χ3n) is 4.41. The highest BCUT2D eigenvalue weighted by Crippen LogP contribution is 2.33. The van der Waals surface area contributed by atoms with E-state index in [1.165, 1.54) is 12.4 Å². The predicted octanol–water partition coefficient (Wildman–Crippen LogP) is 4.13. The van der Waals surface area contributed by atoms with Gasteiger partial charge in [-0.25, -0.2) is 32.2 Å². The first-order valence-corrected chi connectivity index (χ1v) is 11.2. The van der Waals surface area contributed by atoms with Crippen LogP contribution < -0.4 is 15.2 Å². The number of nitrogens with two attached hydrogens (primary N) is 1. The number of nitrogens with zero attached hydrogens (tertiary/aromatic N) is 3. The van der Waals surface area contributed by atoms with E-state index in [1.54, 1.807) is 48.5 Å². The van der Waals surface area contributed by atoms with Crippen LogP contribution in [0.2, 0.25) is 0 Å². The van der Waals surface area contributed by atoms with Crippen molar-refractivity contribution < 1.29 is 21.9 Å². The number of hydrogen-bond donors (Lipinski definition) is 2. The fourth-order valence-electron chi connectivity index (χ4n) is 2.98. The molecule has 11 heteroatoms. The topological polar surface area (TPSA) is 120 Å². The molecular formula is C22H17F2N5O3S. The molecule has 0 fully saturated rings. The first-order chi connectivity index (χ1) is 15.8. The molecule has 4 aromatic rings. The maximum Gasteiger partial charge on any atom is 0.237 e. The monoisotopic (exact) mass is 469 g/mol. The van der Waals surface area contributed by atoms with Gasteiger partial charge in [0.1, 0.15) is 0 Å². The molecule has 2 aromatic heterocycles. The summed E-state index contributed by atoms with van der Waals surface area (Å²) in [4.78, 5) is 11.9. The number of halogens is 2. The molecule has 0 aliphatic rings. The van der Waals surface area contributed by atoms with Crippen LogP contribution in [0.1, 0.15) is 5.56 Å². The largest absolute Gasteiger partial charge is 0.435 e. The number of benzene rings is 2. The number of anilines is 2. The normalized spacial score (nSPS) is 11.2. The number of pyridine rings is 1. The van der Waals surface area contributed by atoms with Crippen molar-refractivity contribution in [2.75, 3.05) is 10.5 Å². The Hall–Kier alpha value is -4.12. The molecule has 2 heterocycles. The van der Waals surface area contributed by atoms with E-state index in [-0.39, 0.29) is 11.8 Å². The van der Waals surface area contributed by atoms with Crippen molar-refractivity contribution >= 4 is 21.7 Å². The highest BCUT2D eigenvalue weighted by atomic mass is 32.2. The molecule has 0 aliphatic heterocycles. The lowest BCUT2D eigenvalue weighted by Gasteiger charge is -2.13. The predicted molar refractivity (Wildman–Crippen MR) is 119 cm³/mol. The third-order valence-corrected chi connectivity index (χ3v) is 5.66. The second-order valence-corrected chi connectivity index (χ2v) is 8.59. The van der Waals surface area contributed by atoms with Crippen molar-refractivity contribution in [1.82, 2.24) is 15.0 Å². The summed E-state index contributed by atoms with van der Waals surface area (Å²) in [5, 5.41) is 0. The van der Waals surface area contributed by atoms with Gasteiger partial charge < -0.3 is 10.5 Å². The Morgan fingerprint density at radius 1 is 0.939 bits per heavy atom. The Balaban J connectivity index is 1.59. The van der Waals surface area contributed by atoms with Gasteiger partial charge in [0.15, 0.2) is 17.4 Å². The highest BCUT2D eigenvalue weighted by molar-refractivity contribution is 7.91. The van der Waals surface area contributed by atoms with Gasteiger partial charge in [0.2, 0.25) is 21.9 Å². The van der Waals surface area contributed by atoms with Gasteiger partial charge in [-0.15, -0.1) is 0 Å². The molecule has 0 bridgehead atoms. The van der Waals surface area contributed by atoms with Crippen molar-refractivity contribution in [2.45, 2.75) is 5.75 Å². The molecule has 33 heavy (non-hydrogen) atoms. The van der Waals surface area contributed by atoms with Crippen LogP contribution in [0.25, 0.3) is 11.3 Å². The standard InChI is InChI=1S/C22H17F2N5O3S/c23-16-12-20(32-21-15(7-4-9-26-21)18-8-10-27-22(25)28-18)17(24)11-19(16)29-33(30,31)13-14-5-2-1-3-6-14/h1-12,29H,13H2,(H2,25,27,28). The van der Waals surface area contributed by atoms with Gasteiger partial charge in [-0.2, -0.15) is 0 Å². The lowest BCUT2D eigenvalue weighted by Crippen LogP contribution is -2.16. The second kappa shape index (κ2) is 9.17. The number of nitrogens with one attached hydrogen (secondary N) is 1. The fourth-order valence-corrected chi connectivity index (χ4v) is 4.17. The molecule has 3 N–H and O–H groups in total. The van der Waals surface area contributed by atoms with Crippen LogP contribution in [0.4, 0.5) is 20.4 Å². The number of hydrogen-bond acceptors (Lipinski definition) is 7. The summed E-state index contributed by atoms with van der Waals surface area (Å²) < 4.78 is 61.7. The highest BCUT2D eigenvalue weighted by Gasteiger charge is 2.19. The molecule has 0 radical (unpaired) electrons. The first kappa shape index (κ1) is 22.1. The molecule has 168 valence electrons. The fraction of sp³-hybridized carbons (Fsp3) is 0.0455. The molecule has 0 atom stereocenters. The van der Waals surface area contributed by atoms with E-state index in [1.807, 2.05) is 0 Å². The molecule has 0 unspecified atom stereocenters. The van der Waals surface area contributed by atoms with Crippen molar-refractivity contribution in [3.8, 4) is 22.9 Å². The van der Waals surface area contributed by atoms with Crippen LogP contribution in [0, 0.1) is 11.6 Å². The zero-order chi connectivity index (χ0) is 23.4. The Kier molecular flexibility index (Phi) is 6.13. The maximum atomic E-state index is 14.7. The molecular weight excluding hydrogens is 452 g/mol.